The largest absolute Gasteiger partial charge is 0.458 e. The number of aliphatic hydroxyl groups is 1. The summed E-state index contributed by atoms with van der Waals surface area (Å²) in [5.41, 5.74) is 0.879. The molecule has 0 aromatic rings. The van der Waals surface area contributed by atoms with E-state index in [9.17, 15) is 9.59 Å². The fourth-order valence-corrected chi connectivity index (χ4v) is 7.72. The van der Waals surface area contributed by atoms with E-state index in [4.69, 9.17) is 28.6 Å². The van der Waals surface area contributed by atoms with Gasteiger partial charge in [-0.2, -0.15) is 0 Å². The van der Waals surface area contributed by atoms with Crippen molar-refractivity contribution in [2.24, 2.45) is 23.2 Å². The summed E-state index contributed by atoms with van der Waals surface area (Å²) in [4.78, 5) is 24.7. The van der Waals surface area contributed by atoms with Crippen molar-refractivity contribution in [1.29, 1.82) is 0 Å². The smallest absolute Gasteiger partial charge is 0.407 e. The van der Waals surface area contributed by atoms with E-state index in [0.717, 1.165) is 43.9 Å². The number of amides is 1. The van der Waals surface area contributed by atoms with Gasteiger partial charge in [0.1, 0.15) is 18.3 Å². The van der Waals surface area contributed by atoms with Crippen LogP contribution >= 0.6 is 8.46 Å². The maximum atomic E-state index is 12.5. The van der Waals surface area contributed by atoms with E-state index in [1.165, 1.54) is 0 Å². The highest BCUT2D eigenvalue weighted by atomic mass is 31.1. The van der Waals surface area contributed by atoms with E-state index >= 15 is 0 Å². The lowest BCUT2D eigenvalue weighted by Gasteiger charge is -2.54. The van der Waals surface area contributed by atoms with Gasteiger partial charge < -0.3 is 34.1 Å². The summed E-state index contributed by atoms with van der Waals surface area (Å²) in [5.74, 6) is 0.636. The number of methoxy groups -OCH3 is 1. The van der Waals surface area contributed by atoms with Crippen molar-refractivity contribution < 1.29 is 42.9 Å². The van der Waals surface area contributed by atoms with Gasteiger partial charge in [-0.3, -0.25) is 4.57 Å². The molecular weight excluding hydrogens is 537 g/mol. The van der Waals surface area contributed by atoms with Gasteiger partial charge in [0, 0.05) is 51.4 Å². The molecule has 8 unspecified atom stereocenters. The number of carbonyl (C=O) groups excluding carboxylic acids is 2. The van der Waals surface area contributed by atoms with Crippen LogP contribution in [0, 0.1) is 23.2 Å². The maximum Gasteiger partial charge on any atom is 0.407 e. The third-order valence-electron chi connectivity index (χ3n) is 9.15. The molecule has 10 nitrogen and oxygen atoms in total. The van der Waals surface area contributed by atoms with Crippen LogP contribution in [-0.2, 0) is 33.0 Å². The number of esters is 1. The molecule has 2 saturated carbocycles. The Balaban J connectivity index is 0.000000500. The Kier molecular flexibility index (Phi) is 12.2. The van der Waals surface area contributed by atoms with Gasteiger partial charge in [0.05, 0.1) is 12.2 Å². The number of alkyl carbamates (subject to hydrolysis) is 1. The van der Waals surface area contributed by atoms with Gasteiger partial charge in [0.15, 0.2) is 14.1 Å². The van der Waals surface area contributed by atoms with Gasteiger partial charge in [0.25, 0.3) is 0 Å². The van der Waals surface area contributed by atoms with E-state index in [-0.39, 0.29) is 56.1 Å². The van der Waals surface area contributed by atoms with Crippen LogP contribution in [0.1, 0.15) is 67.2 Å². The number of epoxide rings is 2. The number of hydrogen-bond donors (Lipinski definition) is 2. The maximum absolute atomic E-state index is 12.5. The summed E-state index contributed by atoms with van der Waals surface area (Å²) in [5, 5.41) is 9.79. The Labute approximate surface area is 241 Å². The zero-order chi connectivity index (χ0) is 30.5. The fourth-order valence-electron chi connectivity index (χ4n) is 7.72. The van der Waals surface area contributed by atoms with Crippen LogP contribution in [0.5, 0.6) is 0 Å². The van der Waals surface area contributed by atoms with E-state index in [1.54, 1.807) is 20.9 Å². The predicted octanol–water partition coefficient (Wildman–Crippen LogP) is 4.53. The number of ether oxygens (including phenoxy) is 5. The van der Waals surface area contributed by atoms with Crippen molar-refractivity contribution in [3.63, 3.8) is 0 Å². The van der Waals surface area contributed by atoms with Crippen LogP contribution in [0.15, 0.2) is 11.1 Å². The number of rotatable bonds is 3. The summed E-state index contributed by atoms with van der Waals surface area (Å²) in [6, 6.07) is 0. The second-order valence-electron chi connectivity index (χ2n) is 11.1. The third kappa shape index (κ3) is 5.35. The molecule has 40 heavy (non-hydrogen) atoms. The molecule has 6 aliphatic rings. The number of hydrogen-bond acceptors (Lipinski definition) is 9. The van der Waals surface area contributed by atoms with Crippen LogP contribution in [0.2, 0.25) is 0 Å². The minimum atomic E-state index is -0.567. The van der Waals surface area contributed by atoms with Crippen LogP contribution in [-0.4, -0.2) is 87.8 Å². The van der Waals surface area contributed by atoms with Gasteiger partial charge >= 0.3 is 12.1 Å². The molecule has 11 heteroatoms. The van der Waals surface area contributed by atoms with Gasteiger partial charge in [-0.25, -0.2) is 9.59 Å². The molecule has 1 amide bonds. The minimum Gasteiger partial charge on any atom is -0.458 e. The molecule has 0 aromatic carbocycles. The monoisotopic (exact) mass is 587 g/mol. The Morgan fingerprint density at radius 1 is 1.18 bits per heavy atom. The fraction of sp³-hybridized carbons (Fsp3) is 0.862. The molecule has 8 atom stereocenters. The third-order valence-corrected chi connectivity index (χ3v) is 9.15. The number of nitrogens with one attached hydrogen (secondary N) is 1. The van der Waals surface area contributed by atoms with Gasteiger partial charge in [0.2, 0.25) is 0 Å². The predicted molar refractivity (Wildman–Crippen MR) is 151 cm³/mol. The number of cyclic esters (lactones) is 1. The zero-order valence-electron chi connectivity index (χ0n) is 25.9. The Bertz CT molecular complexity index is 942. The first-order valence-electron chi connectivity index (χ1n) is 14.4. The van der Waals surface area contributed by atoms with Crippen molar-refractivity contribution in [3.8, 4) is 0 Å². The lowest BCUT2D eigenvalue weighted by Crippen LogP contribution is -2.67. The van der Waals surface area contributed by atoms with Gasteiger partial charge in [-0.05, 0) is 50.0 Å². The lowest BCUT2D eigenvalue weighted by atomic mass is 9.46. The first-order valence-corrected chi connectivity index (χ1v) is 15.6. The topological polar surface area (TPSA) is 136 Å². The van der Waals surface area contributed by atoms with Gasteiger partial charge in [-0.1, -0.05) is 34.6 Å². The molecule has 0 aromatic heterocycles. The molecule has 2 saturated heterocycles. The number of fused-ring (bicyclic) bond motifs is 2. The Morgan fingerprint density at radius 3 is 2.33 bits per heavy atom. The first-order chi connectivity index (χ1) is 19.1. The highest BCUT2D eigenvalue weighted by Crippen LogP contribution is 2.79. The quantitative estimate of drug-likeness (QED) is 0.277. The van der Waals surface area contributed by atoms with E-state index in [0.29, 0.717) is 19.1 Å². The average molecular weight is 588 g/mol. The van der Waals surface area contributed by atoms with Crippen LogP contribution in [0.25, 0.3) is 0 Å². The van der Waals surface area contributed by atoms with Crippen molar-refractivity contribution in [2.75, 3.05) is 41.1 Å². The summed E-state index contributed by atoms with van der Waals surface area (Å²) < 4.78 is 37.8. The highest BCUT2D eigenvalue weighted by molar-refractivity contribution is 7.22. The number of carbonyl (C=O) groups is 2. The molecule has 3 aliphatic carbocycles. The molecule has 3 aliphatic heterocycles. The molecule has 4 fully saturated rings. The van der Waals surface area contributed by atoms with Crippen molar-refractivity contribution in [2.45, 2.75) is 96.7 Å². The van der Waals surface area contributed by atoms with Crippen LogP contribution in [0.4, 0.5) is 4.79 Å². The summed E-state index contributed by atoms with van der Waals surface area (Å²) in [6.45, 7) is 15.1. The number of aliphatic hydroxyl groups excluding tert-OH is 1. The van der Waals surface area contributed by atoms with E-state index < -0.39 is 11.2 Å². The summed E-state index contributed by atoms with van der Waals surface area (Å²) in [6.07, 6.45) is 2.74. The standard InChI is InChI=1S/C23H31NO6.C2H6O.C2H6.CH3OP.CH4O/c1-5-24-20(26)28-18-13(11(2)3)8-17-23(30-17)21(4)7-6-12-14(10-27-19(12)25)15(21)9-16-22(18,23)29-16;1-3-2;1-2;1-3-2;1-2/h11,13,15-18H,5-10H2,1-4H3,(H,24,26);1-2H3;1-2H3;1H3;2H,1H3. The molecule has 6 rings (SSSR count). The molecule has 3 heterocycles. The molecule has 230 valence electrons. The highest BCUT2D eigenvalue weighted by Gasteiger charge is 2.93. The second-order valence-corrected chi connectivity index (χ2v) is 11.5. The zero-order valence-corrected chi connectivity index (χ0v) is 26.8. The molecule has 2 N–H and O–H groups in total. The average Bonchev–Trinajstić information content (AvgIpc) is 3.82. The van der Waals surface area contributed by atoms with Crippen molar-refractivity contribution in [1.82, 2.24) is 5.32 Å². The van der Waals surface area contributed by atoms with Gasteiger partial charge in [-0.15, -0.1) is 0 Å². The van der Waals surface area contributed by atoms with Crippen LogP contribution in [0.3, 0.4) is 0 Å². The van der Waals surface area contributed by atoms with Crippen LogP contribution < -0.4 is 5.32 Å². The molecule has 0 radical (unpaired) electrons. The molecule has 0 bridgehead atoms. The van der Waals surface area contributed by atoms with Crippen molar-refractivity contribution in [3.05, 3.63) is 11.1 Å². The summed E-state index contributed by atoms with van der Waals surface area (Å²) in [7, 11) is 4.42. The normalized spacial score (nSPS) is 38.7. The molecule has 2 spiro atoms. The van der Waals surface area contributed by atoms with E-state index in [2.05, 4.69) is 30.8 Å². The lowest BCUT2D eigenvalue weighted by molar-refractivity contribution is -0.136. The Hall–Kier alpha value is -1.58. The van der Waals surface area contributed by atoms with Crippen molar-refractivity contribution >= 4 is 20.5 Å². The SMILES string of the molecule is CC.CCNC(=O)OC1C(C(C)C)CC2OC23C2(C)CCC4=C(COC4=O)C2CC2OC213.CO.COC.CP=O. The Morgan fingerprint density at radius 2 is 1.77 bits per heavy atom. The first kappa shape index (κ1) is 34.6. The molecular formula is C29H50NO9P. The minimum absolute atomic E-state index is 0.0101. The summed E-state index contributed by atoms with van der Waals surface area (Å²) >= 11 is 0. The second kappa shape index (κ2) is 14.1. The van der Waals surface area contributed by atoms with E-state index in [1.807, 2.05) is 20.8 Å².